The first-order valence-corrected chi connectivity index (χ1v) is 5.90. The van der Waals surface area contributed by atoms with Gasteiger partial charge in [-0.15, -0.1) is 0 Å². The monoisotopic (exact) mass is 226 g/mol. The zero-order valence-corrected chi connectivity index (χ0v) is 9.54. The molecule has 15 heavy (non-hydrogen) atoms. The summed E-state index contributed by atoms with van der Waals surface area (Å²) in [5.74, 6) is 0. The Morgan fingerprint density at radius 2 is 2.40 bits per heavy atom. The first-order valence-electron chi connectivity index (χ1n) is 5.52. The fourth-order valence-corrected chi connectivity index (χ4v) is 2.14. The second kappa shape index (κ2) is 5.50. The molecule has 1 aliphatic heterocycles. The van der Waals surface area contributed by atoms with E-state index in [2.05, 4.69) is 11.4 Å². The Kier molecular flexibility index (Phi) is 4.01. The van der Waals surface area contributed by atoms with E-state index >= 15 is 0 Å². The molecule has 0 unspecified atom stereocenters. The van der Waals surface area contributed by atoms with Crippen LogP contribution in [0.5, 0.6) is 0 Å². The molecule has 0 radical (unpaired) electrons. The lowest BCUT2D eigenvalue weighted by atomic mass is 10.2. The maximum Gasteiger partial charge on any atom is 0.106 e. The number of rotatable bonds is 4. The van der Waals surface area contributed by atoms with E-state index in [9.17, 15) is 0 Å². The van der Waals surface area contributed by atoms with Crippen molar-refractivity contribution in [1.29, 1.82) is 0 Å². The molecule has 2 N–H and O–H groups in total. The van der Waals surface area contributed by atoms with Gasteiger partial charge in [0.25, 0.3) is 0 Å². The van der Waals surface area contributed by atoms with Gasteiger partial charge in [-0.1, -0.05) is 23.7 Å². The van der Waals surface area contributed by atoms with E-state index < -0.39 is 0 Å². The summed E-state index contributed by atoms with van der Waals surface area (Å²) in [4.78, 5) is 0. The molecule has 2 rings (SSSR count). The zero-order chi connectivity index (χ0) is 10.5. The highest BCUT2D eigenvalue weighted by Gasteiger charge is 2.16. The fourth-order valence-electron chi connectivity index (χ4n) is 1.93. The molecule has 0 amide bonds. The lowest BCUT2D eigenvalue weighted by Crippen LogP contribution is -2.84. The minimum absolute atomic E-state index is 0.462. The summed E-state index contributed by atoms with van der Waals surface area (Å²) in [6.07, 6.45) is 2.89. The molecule has 2 nitrogen and oxygen atoms in total. The summed E-state index contributed by atoms with van der Waals surface area (Å²) < 4.78 is 5.56. The summed E-state index contributed by atoms with van der Waals surface area (Å²) in [5, 5.41) is 3.11. The molecule has 1 aliphatic rings. The average molecular weight is 227 g/mol. The third kappa shape index (κ3) is 3.49. The van der Waals surface area contributed by atoms with E-state index in [0.717, 1.165) is 24.7 Å². The molecule has 0 spiro atoms. The molecule has 3 heteroatoms. The van der Waals surface area contributed by atoms with Crippen molar-refractivity contribution in [3.8, 4) is 0 Å². The van der Waals surface area contributed by atoms with E-state index in [1.54, 1.807) is 0 Å². The lowest BCUT2D eigenvalue weighted by molar-refractivity contribution is -0.676. The van der Waals surface area contributed by atoms with Crippen LogP contribution in [0.4, 0.5) is 0 Å². The number of hydrogen-bond donors (Lipinski definition) is 1. The summed E-state index contributed by atoms with van der Waals surface area (Å²) in [7, 11) is 0. The number of quaternary nitrogens is 1. The Labute approximate surface area is 95.6 Å². The predicted octanol–water partition coefficient (Wildman–Crippen LogP) is 1.58. The van der Waals surface area contributed by atoms with Crippen molar-refractivity contribution in [2.45, 2.75) is 25.5 Å². The molecular formula is C12H17ClNO+. The van der Waals surface area contributed by atoms with Crippen molar-refractivity contribution < 1.29 is 10.1 Å². The molecule has 1 saturated heterocycles. The Morgan fingerprint density at radius 1 is 1.47 bits per heavy atom. The standard InChI is InChI=1S/C12H16ClNO/c13-11-4-1-3-10(7-11)8-14-9-12-5-2-6-15-12/h1,3-4,7,12,14H,2,5-6,8-9H2/p+1/t12-/m0/s1. The van der Waals surface area contributed by atoms with Crippen molar-refractivity contribution in [2.24, 2.45) is 0 Å². The number of hydrogen-bond acceptors (Lipinski definition) is 1. The van der Waals surface area contributed by atoms with Gasteiger partial charge in [0.05, 0.1) is 0 Å². The molecule has 1 aromatic rings. The van der Waals surface area contributed by atoms with Gasteiger partial charge in [-0.2, -0.15) is 0 Å². The van der Waals surface area contributed by atoms with Crippen molar-refractivity contribution in [1.82, 2.24) is 0 Å². The van der Waals surface area contributed by atoms with Crippen LogP contribution in [-0.2, 0) is 11.3 Å². The number of halogens is 1. The Hall–Kier alpha value is -0.570. The van der Waals surface area contributed by atoms with Gasteiger partial charge in [0.15, 0.2) is 0 Å². The highest BCUT2D eigenvalue weighted by atomic mass is 35.5. The highest BCUT2D eigenvalue weighted by Crippen LogP contribution is 2.10. The summed E-state index contributed by atoms with van der Waals surface area (Å²) >= 11 is 5.91. The van der Waals surface area contributed by atoms with Gasteiger partial charge in [0.1, 0.15) is 19.2 Å². The number of ether oxygens (including phenoxy) is 1. The maximum atomic E-state index is 5.91. The van der Waals surface area contributed by atoms with Crippen LogP contribution in [0.2, 0.25) is 5.02 Å². The van der Waals surface area contributed by atoms with Gasteiger partial charge in [-0.3, -0.25) is 0 Å². The molecule has 1 heterocycles. The van der Waals surface area contributed by atoms with Gasteiger partial charge in [0.2, 0.25) is 0 Å². The van der Waals surface area contributed by atoms with E-state index in [4.69, 9.17) is 16.3 Å². The van der Waals surface area contributed by atoms with Crippen LogP contribution < -0.4 is 5.32 Å². The van der Waals surface area contributed by atoms with Crippen LogP contribution in [0.25, 0.3) is 0 Å². The molecule has 1 aromatic carbocycles. The van der Waals surface area contributed by atoms with Crippen LogP contribution in [-0.4, -0.2) is 19.3 Å². The van der Waals surface area contributed by atoms with Crippen LogP contribution in [0.15, 0.2) is 24.3 Å². The molecule has 1 fully saturated rings. The van der Waals surface area contributed by atoms with Gasteiger partial charge in [-0.05, 0) is 25.0 Å². The largest absolute Gasteiger partial charge is 0.372 e. The van der Waals surface area contributed by atoms with E-state index in [0.29, 0.717) is 6.10 Å². The van der Waals surface area contributed by atoms with Gasteiger partial charge in [0, 0.05) is 17.2 Å². The smallest absolute Gasteiger partial charge is 0.106 e. The quantitative estimate of drug-likeness (QED) is 0.829. The second-order valence-electron chi connectivity index (χ2n) is 3.99. The molecule has 0 aliphatic carbocycles. The van der Waals surface area contributed by atoms with Crippen molar-refractivity contribution in [2.75, 3.05) is 13.2 Å². The highest BCUT2D eigenvalue weighted by molar-refractivity contribution is 6.30. The minimum Gasteiger partial charge on any atom is -0.372 e. The van der Waals surface area contributed by atoms with Crippen LogP contribution >= 0.6 is 11.6 Å². The van der Waals surface area contributed by atoms with Gasteiger partial charge < -0.3 is 10.1 Å². The predicted molar refractivity (Wildman–Crippen MR) is 60.9 cm³/mol. The minimum atomic E-state index is 0.462. The summed E-state index contributed by atoms with van der Waals surface area (Å²) in [6.45, 7) is 2.99. The Bertz CT molecular complexity index is 310. The fraction of sp³-hybridized carbons (Fsp3) is 0.500. The first-order chi connectivity index (χ1) is 7.34. The SMILES string of the molecule is Clc1cccc(C[NH2+]C[C@@H]2CCCO2)c1. The van der Waals surface area contributed by atoms with Crippen molar-refractivity contribution in [3.63, 3.8) is 0 Å². The van der Waals surface area contributed by atoms with Crippen molar-refractivity contribution >= 4 is 11.6 Å². The zero-order valence-electron chi connectivity index (χ0n) is 8.79. The van der Waals surface area contributed by atoms with E-state index in [1.807, 2.05) is 18.2 Å². The van der Waals surface area contributed by atoms with Crippen LogP contribution in [0.3, 0.4) is 0 Å². The number of nitrogens with two attached hydrogens (primary N) is 1. The van der Waals surface area contributed by atoms with Gasteiger partial charge in [-0.25, -0.2) is 0 Å². The molecular weight excluding hydrogens is 210 g/mol. The third-order valence-corrected chi connectivity index (χ3v) is 2.96. The molecule has 0 saturated carbocycles. The van der Waals surface area contributed by atoms with Crippen LogP contribution in [0.1, 0.15) is 18.4 Å². The molecule has 1 atom stereocenters. The summed E-state index contributed by atoms with van der Waals surface area (Å²) in [5.41, 5.74) is 1.28. The molecule has 82 valence electrons. The average Bonchev–Trinajstić information content (AvgIpc) is 2.71. The van der Waals surface area contributed by atoms with Crippen molar-refractivity contribution in [3.05, 3.63) is 34.9 Å². The second-order valence-corrected chi connectivity index (χ2v) is 4.43. The molecule has 0 bridgehead atoms. The maximum absolute atomic E-state index is 5.91. The summed E-state index contributed by atoms with van der Waals surface area (Å²) in [6, 6.07) is 8.04. The van der Waals surface area contributed by atoms with Gasteiger partial charge >= 0.3 is 0 Å². The Balaban J connectivity index is 1.73. The normalized spacial score (nSPS) is 20.7. The Morgan fingerprint density at radius 3 is 3.13 bits per heavy atom. The first kappa shape index (κ1) is 10.9. The van der Waals surface area contributed by atoms with E-state index in [-0.39, 0.29) is 0 Å². The third-order valence-electron chi connectivity index (χ3n) is 2.72. The van der Waals surface area contributed by atoms with E-state index in [1.165, 1.54) is 18.4 Å². The lowest BCUT2D eigenvalue weighted by Gasteiger charge is -2.07. The molecule has 0 aromatic heterocycles. The topological polar surface area (TPSA) is 25.8 Å². The van der Waals surface area contributed by atoms with Crippen LogP contribution in [0, 0.1) is 0 Å². The number of benzene rings is 1.